The number of halogens is 1. The second-order valence-corrected chi connectivity index (χ2v) is 5.17. The van der Waals surface area contributed by atoms with E-state index in [1.807, 2.05) is 13.8 Å². The molecule has 2 rings (SSSR count). The predicted molar refractivity (Wildman–Crippen MR) is 77.5 cm³/mol. The van der Waals surface area contributed by atoms with Crippen molar-refractivity contribution < 1.29 is 18.7 Å². The van der Waals surface area contributed by atoms with E-state index in [9.17, 15) is 9.18 Å². The molecule has 1 fully saturated rings. The molecule has 0 spiro atoms. The standard InChI is InChI=1S/C15H21FN2O3/c1-9-10(2)18(6-5-17-9)15(19)11-7-13(20-3)14(21-4)8-12(11)16/h7-10,17H,5-6H2,1-4H3. The first kappa shape index (κ1) is 15.6. The smallest absolute Gasteiger partial charge is 0.257 e. The molecule has 0 radical (unpaired) electrons. The summed E-state index contributed by atoms with van der Waals surface area (Å²) in [4.78, 5) is 14.3. The monoisotopic (exact) mass is 296 g/mol. The fourth-order valence-electron chi connectivity index (χ4n) is 2.52. The Morgan fingerprint density at radius 1 is 1.29 bits per heavy atom. The van der Waals surface area contributed by atoms with E-state index >= 15 is 0 Å². The van der Waals surface area contributed by atoms with Gasteiger partial charge in [-0.2, -0.15) is 0 Å². The van der Waals surface area contributed by atoms with Crippen molar-refractivity contribution in [3.63, 3.8) is 0 Å². The molecule has 0 bridgehead atoms. The van der Waals surface area contributed by atoms with E-state index in [1.165, 1.54) is 26.4 Å². The molecule has 2 atom stereocenters. The van der Waals surface area contributed by atoms with E-state index in [2.05, 4.69) is 5.32 Å². The minimum Gasteiger partial charge on any atom is -0.493 e. The average molecular weight is 296 g/mol. The predicted octanol–water partition coefficient (Wildman–Crippen LogP) is 1.67. The zero-order valence-electron chi connectivity index (χ0n) is 12.8. The lowest BCUT2D eigenvalue weighted by atomic mass is 10.0. The molecule has 116 valence electrons. The molecular formula is C15H21FN2O3. The SMILES string of the molecule is COc1cc(F)c(C(=O)N2CCNC(C)C2C)cc1OC. The van der Waals surface area contributed by atoms with Crippen LogP contribution in [-0.4, -0.2) is 50.2 Å². The fourth-order valence-corrected chi connectivity index (χ4v) is 2.52. The number of methoxy groups -OCH3 is 2. The topological polar surface area (TPSA) is 50.8 Å². The number of piperazine rings is 1. The first-order valence-corrected chi connectivity index (χ1v) is 6.95. The van der Waals surface area contributed by atoms with Crippen molar-refractivity contribution in [2.75, 3.05) is 27.3 Å². The number of hydrogen-bond donors (Lipinski definition) is 1. The number of ether oxygens (including phenoxy) is 2. The number of benzene rings is 1. The molecule has 0 saturated carbocycles. The second kappa shape index (κ2) is 6.30. The van der Waals surface area contributed by atoms with Crippen LogP contribution in [-0.2, 0) is 0 Å². The van der Waals surface area contributed by atoms with Crippen LogP contribution < -0.4 is 14.8 Å². The molecule has 1 aliphatic heterocycles. The Bertz CT molecular complexity index is 536. The van der Waals surface area contributed by atoms with E-state index in [0.717, 1.165) is 0 Å². The first-order chi connectivity index (χ1) is 9.99. The van der Waals surface area contributed by atoms with Gasteiger partial charge >= 0.3 is 0 Å². The van der Waals surface area contributed by atoms with E-state index in [4.69, 9.17) is 9.47 Å². The molecule has 1 aromatic carbocycles. The molecule has 1 heterocycles. The molecule has 0 aromatic heterocycles. The summed E-state index contributed by atoms with van der Waals surface area (Å²) in [6.07, 6.45) is 0. The molecule has 1 aromatic rings. The summed E-state index contributed by atoms with van der Waals surface area (Å²) in [7, 11) is 2.89. The lowest BCUT2D eigenvalue weighted by molar-refractivity contribution is 0.0597. The third kappa shape index (κ3) is 2.95. The van der Waals surface area contributed by atoms with Crippen LogP contribution in [0.3, 0.4) is 0 Å². The molecule has 1 amide bonds. The van der Waals surface area contributed by atoms with Crippen LogP contribution in [0.5, 0.6) is 11.5 Å². The quantitative estimate of drug-likeness (QED) is 0.922. The van der Waals surface area contributed by atoms with Gasteiger partial charge in [0.05, 0.1) is 19.8 Å². The third-order valence-corrected chi connectivity index (χ3v) is 4.00. The molecule has 2 unspecified atom stereocenters. The number of hydrogen-bond acceptors (Lipinski definition) is 4. The van der Waals surface area contributed by atoms with Crippen molar-refractivity contribution in [2.45, 2.75) is 25.9 Å². The Labute approximate surface area is 124 Å². The number of amides is 1. The van der Waals surface area contributed by atoms with Gasteiger partial charge in [-0.25, -0.2) is 4.39 Å². The zero-order valence-corrected chi connectivity index (χ0v) is 12.8. The summed E-state index contributed by atoms with van der Waals surface area (Å²) in [5.74, 6) is -0.309. The van der Waals surface area contributed by atoms with Crippen molar-refractivity contribution >= 4 is 5.91 Å². The Hall–Kier alpha value is -1.82. The Morgan fingerprint density at radius 3 is 2.52 bits per heavy atom. The first-order valence-electron chi connectivity index (χ1n) is 6.95. The summed E-state index contributed by atoms with van der Waals surface area (Å²) >= 11 is 0. The lowest BCUT2D eigenvalue weighted by Crippen LogP contribution is -2.57. The number of nitrogens with zero attached hydrogens (tertiary/aromatic N) is 1. The van der Waals surface area contributed by atoms with Crippen LogP contribution in [0.4, 0.5) is 4.39 Å². The summed E-state index contributed by atoms with van der Waals surface area (Å²) in [6.45, 7) is 5.22. The number of carbonyl (C=O) groups is 1. The number of nitrogens with one attached hydrogen (secondary N) is 1. The van der Waals surface area contributed by atoms with Gasteiger partial charge < -0.3 is 19.7 Å². The minimum absolute atomic E-state index is 0.00116. The average Bonchev–Trinajstić information content (AvgIpc) is 2.49. The molecule has 1 N–H and O–H groups in total. The van der Waals surface area contributed by atoms with Crippen molar-refractivity contribution in [3.8, 4) is 11.5 Å². The minimum atomic E-state index is -0.601. The van der Waals surface area contributed by atoms with Crippen LogP contribution in [0.25, 0.3) is 0 Å². The second-order valence-electron chi connectivity index (χ2n) is 5.17. The fraction of sp³-hybridized carbons (Fsp3) is 0.533. The highest BCUT2D eigenvalue weighted by atomic mass is 19.1. The van der Waals surface area contributed by atoms with Crippen molar-refractivity contribution in [1.29, 1.82) is 0 Å². The van der Waals surface area contributed by atoms with Crippen LogP contribution in [0.15, 0.2) is 12.1 Å². The van der Waals surface area contributed by atoms with Gasteiger partial charge in [0.1, 0.15) is 5.82 Å². The van der Waals surface area contributed by atoms with Crippen LogP contribution >= 0.6 is 0 Å². The van der Waals surface area contributed by atoms with Gasteiger partial charge in [-0.05, 0) is 19.9 Å². The highest BCUT2D eigenvalue weighted by Crippen LogP contribution is 2.30. The van der Waals surface area contributed by atoms with E-state index in [1.54, 1.807) is 4.90 Å². The Kier molecular flexibility index (Phi) is 4.67. The van der Waals surface area contributed by atoms with Crippen molar-refractivity contribution in [3.05, 3.63) is 23.5 Å². The molecule has 1 aliphatic rings. The van der Waals surface area contributed by atoms with Crippen LogP contribution in [0.2, 0.25) is 0 Å². The molecule has 5 nitrogen and oxygen atoms in total. The molecule has 21 heavy (non-hydrogen) atoms. The van der Waals surface area contributed by atoms with Gasteiger partial charge in [0.2, 0.25) is 0 Å². The van der Waals surface area contributed by atoms with Gasteiger partial charge in [0.15, 0.2) is 11.5 Å². The molecule has 6 heteroatoms. The van der Waals surface area contributed by atoms with E-state index in [-0.39, 0.29) is 29.3 Å². The van der Waals surface area contributed by atoms with Crippen molar-refractivity contribution in [2.24, 2.45) is 0 Å². The maximum Gasteiger partial charge on any atom is 0.257 e. The zero-order chi connectivity index (χ0) is 15.6. The van der Waals surface area contributed by atoms with E-state index < -0.39 is 5.82 Å². The number of carbonyl (C=O) groups excluding carboxylic acids is 1. The van der Waals surface area contributed by atoms with Gasteiger partial charge in [0.25, 0.3) is 5.91 Å². The number of rotatable bonds is 3. The largest absolute Gasteiger partial charge is 0.493 e. The van der Waals surface area contributed by atoms with Crippen molar-refractivity contribution in [1.82, 2.24) is 10.2 Å². The van der Waals surface area contributed by atoms with Crippen LogP contribution in [0, 0.1) is 5.82 Å². The molecule has 1 saturated heterocycles. The molecule has 0 aliphatic carbocycles. The van der Waals surface area contributed by atoms with E-state index in [0.29, 0.717) is 18.8 Å². The summed E-state index contributed by atoms with van der Waals surface area (Å²) in [5.41, 5.74) is 0.00796. The summed E-state index contributed by atoms with van der Waals surface area (Å²) < 4.78 is 24.4. The van der Waals surface area contributed by atoms with Crippen LogP contribution in [0.1, 0.15) is 24.2 Å². The van der Waals surface area contributed by atoms with Gasteiger partial charge in [-0.15, -0.1) is 0 Å². The van der Waals surface area contributed by atoms with Gasteiger partial charge in [-0.3, -0.25) is 4.79 Å². The van der Waals surface area contributed by atoms with Gasteiger partial charge in [0, 0.05) is 31.2 Å². The normalized spacial score (nSPS) is 22.0. The summed E-state index contributed by atoms with van der Waals surface area (Å²) in [5, 5.41) is 3.29. The van der Waals surface area contributed by atoms with Gasteiger partial charge in [-0.1, -0.05) is 0 Å². The molecular weight excluding hydrogens is 275 g/mol. The Balaban J connectivity index is 2.34. The third-order valence-electron chi connectivity index (χ3n) is 4.00. The maximum atomic E-state index is 14.2. The Morgan fingerprint density at radius 2 is 1.90 bits per heavy atom. The highest BCUT2D eigenvalue weighted by Gasteiger charge is 2.30. The lowest BCUT2D eigenvalue weighted by Gasteiger charge is -2.38. The highest BCUT2D eigenvalue weighted by molar-refractivity contribution is 5.95. The maximum absolute atomic E-state index is 14.2. The summed E-state index contributed by atoms with van der Waals surface area (Å²) in [6, 6.07) is 2.75.